The number of aryl methyl sites for hydroxylation is 1. The summed E-state index contributed by atoms with van der Waals surface area (Å²) in [6.45, 7) is 23.5. The first-order valence-electron chi connectivity index (χ1n) is 24.2. The third-order valence-corrected chi connectivity index (χ3v) is 15.4. The van der Waals surface area contributed by atoms with Gasteiger partial charge >= 0.3 is 6.85 Å². The summed E-state index contributed by atoms with van der Waals surface area (Å²) in [5.74, 6) is 0. The Morgan fingerprint density at radius 3 is 1.69 bits per heavy atom. The van der Waals surface area contributed by atoms with Crippen LogP contribution < -0.4 is 10.9 Å². The molecule has 0 atom stereocenters. The first kappa shape index (κ1) is 40.3. The Balaban J connectivity index is 1.29. The lowest BCUT2D eigenvalue weighted by atomic mass is 9.45. The highest BCUT2D eigenvalue weighted by Crippen LogP contribution is 2.51. The lowest BCUT2D eigenvalue weighted by Gasteiger charge is -2.37. The largest absolute Gasteiger partial charge is 0.375 e. The molecule has 4 heteroatoms. The van der Waals surface area contributed by atoms with Gasteiger partial charge in [0.25, 0.3) is 0 Å². The average Bonchev–Trinajstić information content (AvgIpc) is 3.94. The molecule has 8 aromatic carbocycles. The van der Waals surface area contributed by atoms with Crippen LogP contribution in [0.1, 0.15) is 84.6 Å². The van der Waals surface area contributed by atoms with Gasteiger partial charge in [-0.15, -0.1) is 0 Å². The number of aromatic nitrogens is 3. The third kappa shape index (κ3) is 5.59. The second-order valence-electron chi connectivity index (χ2n) is 22.7. The second kappa shape index (κ2) is 13.5. The van der Waals surface area contributed by atoms with Crippen molar-refractivity contribution < 1.29 is 0 Å². The Labute approximate surface area is 394 Å². The van der Waals surface area contributed by atoms with Gasteiger partial charge in [-0.05, 0) is 122 Å². The normalized spacial score (nSPS) is 13.5. The van der Waals surface area contributed by atoms with E-state index in [1.54, 1.807) is 0 Å². The summed E-state index contributed by atoms with van der Waals surface area (Å²) < 4.78 is 7.98. The molecular weight excluding hydrogens is 810 g/mol. The van der Waals surface area contributed by atoms with Crippen molar-refractivity contribution in [3.8, 4) is 44.9 Å². The van der Waals surface area contributed by atoms with Gasteiger partial charge in [0.05, 0.1) is 22.1 Å². The van der Waals surface area contributed by atoms with Crippen LogP contribution in [0.4, 0.5) is 0 Å². The summed E-state index contributed by atoms with van der Waals surface area (Å²) in [4.78, 5) is 0. The van der Waals surface area contributed by atoms with Crippen LogP contribution in [0.25, 0.3) is 99.4 Å². The molecule has 0 fully saturated rings. The molecule has 0 spiro atoms. The smallest absolute Gasteiger partial charge is 0.333 e. The van der Waals surface area contributed by atoms with Crippen molar-refractivity contribution in [2.45, 2.75) is 85.5 Å². The van der Waals surface area contributed by atoms with E-state index in [1.165, 1.54) is 133 Å². The molecule has 2 aliphatic heterocycles. The van der Waals surface area contributed by atoms with Crippen molar-refractivity contribution in [3.05, 3.63) is 180 Å². The molecule has 0 aliphatic carbocycles. The molecule has 67 heavy (non-hydrogen) atoms. The maximum atomic E-state index is 2.79. The standard InChI is InChI=1S/C63H56BN3/c1-37-20-14-15-23-43(37)56-50-36-42(65-52-26-18-16-24-44(52)45-25-17-19-27-53(45)65)35-49-47-31-41(63(8,9)10)34-55-57(47)64(67(59(49)50)58(56)38-21-12-11-13-22-38)51-33-40(62(5,6)7)32-48-46-30-39(61(2,3)4)28-29-54(46)66(55)60(48)51/h11-36H,1-10H3. The van der Waals surface area contributed by atoms with Crippen LogP contribution in [0.15, 0.2) is 158 Å². The van der Waals surface area contributed by atoms with Gasteiger partial charge in [0.15, 0.2) is 0 Å². The first-order chi connectivity index (χ1) is 32.1. The van der Waals surface area contributed by atoms with Gasteiger partial charge in [-0.25, -0.2) is 0 Å². The van der Waals surface area contributed by atoms with Crippen LogP contribution in [-0.4, -0.2) is 20.5 Å². The van der Waals surface area contributed by atoms with E-state index in [0.29, 0.717) is 0 Å². The summed E-state index contributed by atoms with van der Waals surface area (Å²) >= 11 is 0. The lowest BCUT2D eigenvalue weighted by molar-refractivity contribution is 0.590. The Hall–Kier alpha value is -7.04. The van der Waals surface area contributed by atoms with Gasteiger partial charge in [-0.3, -0.25) is 0 Å². The van der Waals surface area contributed by atoms with Gasteiger partial charge in [0.1, 0.15) is 0 Å². The molecule has 0 saturated carbocycles. The van der Waals surface area contributed by atoms with Crippen LogP contribution in [0.2, 0.25) is 0 Å². The fraction of sp³-hybridized carbons (Fsp3) is 0.206. The summed E-state index contributed by atoms with van der Waals surface area (Å²) in [5.41, 5.74) is 24.3. The number of fused-ring (bicyclic) bond motifs is 10. The first-order valence-corrected chi connectivity index (χ1v) is 24.2. The SMILES string of the molecule is Cc1ccccc1-c1c(-c2ccccc2)n2c3c(cc(-n4c5ccccc5c5ccccc54)cc13)-c1cc(C(C)(C)C)cc3c1B2c1cc(C(C)(C)C)cc2c4cc(C(C)(C)C)ccc4n-3c12. The topological polar surface area (TPSA) is 14.8 Å². The van der Waals surface area contributed by atoms with Gasteiger partial charge in [-0.2, -0.15) is 0 Å². The summed E-state index contributed by atoms with van der Waals surface area (Å²) in [6, 6.07) is 60.8. The van der Waals surface area contributed by atoms with Crippen molar-refractivity contribution in [2.75, 3.05) is 0 Å². The molecule has 11 aromatic rings. The number of para-hydroxylation sites is 2. The predicted octanol–water partition coefficient (Wildman–Crippen LogP) is 15.3. The van der Waals surface area contributed by atoms with Crippen molar-refractivity contribution in [1.82, 2.24) is 13.6 Å². The van der Waals surface area contributed by atoms with Crippen molar-refractivity contribution in [1.29, 1.82) is 0 Å². The monoisotopic (exact) mass is 865 g/mol. The molecule has 0 amide bonds. The van der Waals surface area contributed by atoms with Crippen molar-refractivity contribution in [2.24, 2.45) is 0 Å². The van der Waals surface area contributed by atoms with Gasteiger partial charge < -0.3 is 13.6 Å². The zero-order valence-corrected chi connectivity index (χ0v) is 40.4. The third-order valence-electron chi connectivity index (χ3n) is 15.4. The van der Waals surface area contributed by atoms with E-state index in [9.17, 15) is 0 Å². The average molecular weight is 866 g/mol. The minimum Gasteiger partial charge on any atom is -0.375 e. The van der Waals surface area contributed by atoms with Gasteiger partial charge in [-0.1, -0.05) is 172 Å². The summed E-state index contributed by atoms with van der Waals surface area (Å²) in [6.07, 6.45) is 0. The Kier molecular flexibility index (Phi) is 8.14. The molecule has 3 aromatic heterocycles. The number of hydrogen-bond donors (Lipinski definition) is 0. The fourth-order valence-corrected chi connectivity index (χ4v) is 12.0. The number of rotatable bonds is 3. The molecule has 0 saturated heterocycles. The van der Waals surface area contributed by atoms with E-state index in [0.717, 1.165) is 0 Å². The molecular formula is C63H56BN3. The van der Waals surface area contributed by atoms with E-state index in [-0.39, 0.29) is 23.1 Å². The molecule has 3 nitrogen and oxygen atoms in total. The van der Waals surface area contributed by atoms with Crippen LogP contribution >= 0.6 is 0 Å². The van der Waals surface area contributed by atoms with Crippen LogP contribution in [0.5, 0.6) is 0 Å². The van der Waals surface area contributed by atoms with E-state index >= 15 is 0 Å². The summed E-state index contributed by atoms with van der Waals surface area (Å²) in [7, 11) is 0. The van der Waals surface area contributed by atoms with E-state index < -0.39 is 0 Å². The molecule has 13 rings (SSSR count). The quantitative estimate of drug-likeness (QED) is 0.157. The van der Waals surface area contributed by atoms with E-state index in [4.69, 9.17) is 0 Å². The lowest BCUT2D eigenvalue weighted by Crippen LogP contribution is -2.56. The van der Waals surface area contributed by atoms with Gasteiger partial charge in [0, 0.05) is 60.6 Å². The molecule has 5 heterocycles. The number of nitrogens with zero attached hydrogens (tertiary/aromatic N) is 3. The maximum Gasteiger partial charge on any atom is 0.333 e. The molecule has 326 valence electrons. The second-order valence-corrected chi connectivity index (χ2v) is 22.7. The Morgan fingerprint density at radius 2 is 1.01 bits per heavy atom. The van der Waals surface area contributed by atoms with Crippen molar-refractivity contribution in [3.63, 3.8) is 0 Å². The van der Waals surface area contributed by atoms with Crippen LogP contribution in [0.3, 0.4) is 0 Å². The molecule has 0 bridgehead atoms. The van der Waals surface area contributed by atoms with Crippen LogP contribution in [0, 0.1) is 6.92 Å². The highest BCUT2D eigenvalue weighted by atomic mass is 15.0. The van der Waals surface area contributed by atoms with E-state index in [2.05, 4.69) is 241 Å². The predicted molar refractivity (Wildman–Crippen MR) is 288 cm³/mol. The summed E-state index contributed by atoms with van der Waals surface area (Å²) in [5, 5.41) is 6.49. The molecule has 0 N–H and O–H groups in total. The molecule has 2 aliphatic rings. The highest BCUT2D eigenvalue weighted by molar-refractivity contribution is 6.90. The Morgan fingerprint density at radius 1 is 0.418 bits per heavy atom. The highest BCUT2D eigenvalue weighted by Gasteiger charge is 2.44. The number of benzene rings is 8. The zero-order valence-electron chi connectivity index (χ0n) is 40.4. The number of hydrogen-bond acceptors (Lipinski definition) is 0. The minimum atomic E-state index is -0.108. The maximum absolute atomic E-state index is 2.79. The van der Waals surface area contributed by atoms with E-state index in [1.807, 2.05) is 0 Å². The molecule has 0 radical (unpaired) electrons. The molecule has 0 unspecified atom stereocenters. The Bertz CT molecular complexity index is 3870. The minimum absolute atomic E-state index is 0.00617. The fourth-order valence-electron chi connectivity index (χ4n) is 12.0. The van der Waals surface area contributed by atoms with Crippen molar-refractivity contribution >= 4 is 72.3 Å². The van der Waals surface area contributed by atoms with Crippen LogP contribution in [-0.2, 0) is 16.2 Å². The zero-order chi connectivity index (χ0) is 46.1. The van der Waals surface area contributed by atoms with Gasteiger partial charge in [0.2, 0.25) is 0 Å².